The van der Waals surface area contributed by atoms with Gasteiger partial charge in [-0.25, -0.2) is 5.84 Å². The van der Waals surface area contributed by atoms with Crippen molar-refractivity contribution in [2.75, 3.05) is 0 Å². The SMILES string of the molecule is NNC(=O)/C=C/c1ccc(OCc2ccc(Cl)cc2)c(Cl)c1. The van der Waals surface area contributed by atoms with E-state index in [1.54, 1.807) is 36.4 Å². The molecule has 22 heavy (non-hydrogen) atoms. The van der Waals surface area contributed by atoms with Crippen LogP contribution < -0.4 is 16.0 Å². The van der Waals surface area contributed by atoms with E-state index in [0.717, 1.165) is 11.1 Å². The Hall–Kier alpha value is -2.01. The summed E-state index contributed by atoms with van der Waals surface area (Å²) in [6.45, 7) is 0.391. The van der Waals surface area contributed by atoms with Crippen LogP contribution in [0.4, 0.5) is 0 Å². The van der Waals surface area contributed by atoms with Gasteiger partial charge < -0.3 is 4.74 Å². The van der Waals surface area contributed by atoms with Crippen LogP contribution in [0.25, 0.3) is 6.08 Å². The highest BCUT2D eigenvalue weighted by molar-refractivity contribution is 6.32. The smallest absolute Gasteiger partial charge is 0.257 e. The number of benzene rings is 2. The minimum Gasteiger partial charge on any atom is -0.487 e. The lowest BCUT2D eigenvalue weighted by Gasteiger charge is -2.09. The molecular formula is C16H14Cl2N2O2. The van der Waals surface area contributed by atoms with Crippen LogP contribution in [-0.2, 0) is 11.4 Å². The highest BCUT2D eigenvalue weighted by Gasteiger charge is 2.03. The molecule has 114 valence electrons. The minimum atomic E-state index is -0.390. The van der Waals surface area contributed by atoms with Crippen LogP contribution in [0.5, 0.6) is 5.75 Å². The van der Waals surface area contributed by atoms with Crippen molar-refractivity contribution < 1.29 is 9.53 Å². The summed E-state index contributed by atoms with van der Waals surface area (Å²) in [6.07, 6.45) is 2.93. The number of hydrazine groups is 1. The Bertz CT molecular complexity index is 685. The molecule has 2 aromatic carbocycles. The van der Waals surface area contributed by atoms with Gasteiger partial charge in [0.1, 0.15) is 12.4 Å². The van der Waals surface area contributed by atoms with E-state index < -0.39 is 0 Å². The van der Waals surface area contributed by atoms with Crippen molar-refractivity contribution in [3.05, 3.63) is 69.7 Å². The average Bonchev–Trinajstić information content (AvgIpc) is 2.53. The molecule has 2 rings (SSSR count). The molecule has 0 unspecified atom stereocenters. The van der Waals surface area contributed by atoms with E-state index in [-0.39, 0.29) is 5.91 Å². The topological polar surface area (TPSA) is 64.3 Å². The number of amides is 1. The van der Waals surface area contributed by atoms with Gasteiger partial charge in [0, 0.05) is 11.1 Å². The van der Waals surface area contributed by atoms with Crippen LogP contribution in [0.2, 0.25) is 10.0 Å². The highest BCUT2D eigenvalue weighted by atomic mass is 35.5. The van der Waals surface area contributed by atoms with Gasteiger partial charge in [0.2, 0.25) is 0 Å². The highest BCUT2D eigenvalue weighted by Crippen LogP contribution is 2.27. The normalized spacial score (nSPS) is 10.7. The van der Waals surface area contributed by atoms with Crippen molar-refractivity contribution in [1.82, 2.24) is 5.43 Å². The molecule has 0 saturated carbocycles. The third-order valence-electron chi connectivity index (χ3n) is 2.83. The first kappa shape index (κ1) is 16.4. The third kappa shape index (κ3) is 4.77. The Balaban J connectivity index is 2.02. The first-order chi connectivity index (χ1) is 10.6. The van der Waals surface area contributed by atoms with E-state index in [1.807, 2.05) is 17.6 Å². The van der Waals surface area contributed by atoms with Gasteiger partial charge >= 0.3 is 0 Å². The zero-order valence-electron chi connectivity index (χ0n) is 11.6. The van der Waals surface area contributed by atoms with Gasteiger partial charge in [0.25, 0.3) is 5.91 Å². The average molecular weight is 337 g/mol. The summed E-state index contributed by atoms with van der Waals surface area (Å²) >= 11 is 12.0. The molecule has 0 fully saturated rings. The van der Waals surface area contributed by atoms with Gasteiger partial charge in [-0.2, -0.15) is 0 Å². The lowest BCUT2D eigenvalue weighted by Crippen LogP contribution is -2.27. The van der Waals surface area contributed by atoms with E-state index in [1.165, 1.54) is 6.08 Å². The van der Waals surface area contributed by atoms with Crippen LogP contribution in [0.1, 0.15) is 11.1 Å². The first-order valence-electron chi connectivity index (χ1n) is 6.44. The van der Waals surface area contributed by atoms with Crippen molar-refractivity contribution in [1.29, 1.82) is 0 Å². The van der Waals surface area contributed by atoms with Crippen molar-refractivity contribution in [3.63, 3.8) is 0 Å². The van der Waals surface area contributed by atoms with Crippen LogP contribution in [-0.4, -0.2) is 5.91 Å². The molecule has 0 spiro atoms. The maximum Gasteiger partial charge on any atom is 0.257 e. The molecule has 0 bridgehead atoms. The number of ether oxygens (including phenoxy) is 1. The number of nitrogens with one attached hydrogen (secondary N) is 1. The fraction of sp³-hybridized carbons (Fsp3) is 0.0625. The van der Waals surface area contributed by atoms with Gasteiger partial charge in [0.05, 0.1) is 5.02 Å². The molecule has 0 saturated heterocycles. The number of hydrogen-bond donors (Lipinski definition) is 2. The third-order valence-corrected chi connectivity index (χ3v) is 3.38. The van der Waals surface area contributed by atoms with Crippen molar-refractivity contribution in [2.24, 2.45) is 5.84 Å². The molecule has 0 aliphatic carbocycles. The quantitative estimate of drug-likeness (QED) is 0.379. The standard InChI is InChI=1S/C16H14Cl2N2O2/c17-13-5-1-12(2-6-13)10-22-15-7-3-11(9-14(15)18)4-8-16(21)20-19/h1-9H,10,19H2,(H,20,21)/b8-4+. The summed E-state index contributed by atoms with van der Waals surface area (Å²) < 4.78 is 5.67. The molecule has 1 amide bonds. The largest absolute Gasteiger partial charge is 0.487 e. The second-order valence-corrected chi connectivity index (χ2v) is 5.29. The molecule has 3 N–H and O–H groups in total. The summed E-state index contributed by atoms with van der Waals surface area (Å²) in [5, 5.41) is 1.14. The molecule has 0 aliphatic rings. The van der Waals surface area contributed by atoms with Gasteiger partial charge in [-0.15, -0.1) is 0 Å². The lowest BCUT2D eigenvalue weighted by molar-refractivity contribution is -0.116. The number of halogens is 2. The summed E-state index contributed by atoms with van der Waals surface area (Å²) in [5.41, 5.74) is 3.77. The van der Waals surface area contributed by atoms with E-state index in [9.17, 15) is 4.79 Å². The van der Waals surface area contributed by atoms with Gasteiger partial charge in [-0.05, 0) is 41.5 Å². The summed E-state index contributed by atoms with van der Waals surface area (Å²) in [7, 11) is 0. The number of hydrogen-bond acceptors (Lipinski definition) is 3. The number of carbonyl (C=O) groups excluding carboxylic acids is 1. The van der Waals surface area contributed by atoms with Gasteiger partial charge in [0.15, 0.2) is 0 Å². The second-order valence-electron chi connectivity index (χ2n) is 4.45. The Labute approximate surface area is 138 Å². The fourth-order valence-corrected chi connectivity index (χ4v) is 2.07. The van der Waals surface area contributed by atoms with Crippen molar-refractivity contribution in [2.45, 2.75) is 6.61 Å². The summed E-state index contributed by atoms with van der Waals surface area (Å²) in [5.74, 6) is 5.17. The number of nitrogens with two attached hydrogens (primary N) is 1. The maximum absolute atomic E-state index is 11.0. The Morgan fingerprint density at radius 2 is 1.91 bits per heavy atom. The molecule has 0 radical (unpaired) electrons. The second kappa shape index (κ2) is 7.84. The monoisotopic (exact) mass is 336 g/mol. The lowest BCUT2D eigenvalue weighted by atomic mass is 10.2. The van der Waals surface area contributed by atoms with E-state index in [0.29, 0.717) is 22.4 Å². The molecule has 6 heteroatoms. The van der Waals surface area contributed by atoms with Crippen LogP contribution in [0.3, 0.4) is 0 Å². The molecule has 0 atom stereocenters. The molecule has 2 aromatic rings. The molecule has 0 aromatic heterocycles. The van der Waals surface area contributed by atoms with E-state index in [2.05, 4.69) is 0 Å². The zero-order valence-corrected chi connectivity index (χ0v) is 13.1. The van der Waals surface area contributed by atoms with Crippen molar-refractivity contribution >= 4 is 35.2 Å². The summed E-state index contributed by atoms with van der Waals surface area (Å²) in [6, 6.07) is 12.6. The molecular weight excluding hydrogens is 323 g/mol. The predicted octanol–water partition coefficient (Wildman–Crippen LogP) is 3.58. The zero-order chi connectivity index (χ0) is 15.9. The van der Waals surface area contributed by atoms with Crippen LogP contribution in [0.15, 0.2) is 48.5 Å². The fourth-order valence-electron chi connectivity index (χ4n) is 1.70. The van der Waals surface area contributed by atoms with E-state index >= 15 is 0 Å². The van der Waals surface area contributed by atoms with Crippen LogP contribution >= 0.6 is 23.2 Å². The molecule has 0 heterocycles. The van der Waals surface area contributed by atoms with E-state index in [4.69, 9.17) is 33.8 Å². The number of carbonyl (C=O) groups is 1. The number of rotatable bonds is 5. The maximum atomic E-state index is 11.0. The van der Waals surface area contributed by atoms with Gasteiger partial charge in [-0.1, -0.05) is 41.4 Å². The van der Waals surface area contributed by atoms with Crippen LogP contribution in [0, 0.1) is 0 Å². The molecule has 4 nitrogen and oxygen atoms in total. The first-order valence-corrected chi connectivity index (χ1v) is 7.19. The molecule has 0 aliphatic heterocycles. The summed E-state index contributed by atoms with van der Waals surface area (Å²) in [4.78, 5) is 11.0. The van der Waals surface area contributed by atoms with Crippen molar-refractivity contribution in [3.8, 4) is 5.75 Å². The minimum absolute atomic E-state index is 0.390. The Morgan fingerprint density at radius 3 is 2.55 bits per heavy atom. The Morgan fingerprint density at radius 1 is 1.18 bits per heavy atom. The predicted molar refractivity (Wildman–Crippen MR) is 88.6 cm³/mol. The van der Waals surface area contributed by atoms with Gasteiger partial charge in [-0.3, -0.25) is 10.2 Å². The Kier molecular flexibility index (Phi) is 5.83.